The van der Waals surface area contributed by atoms with Crippen LogP contribution in [-0.2, 0) is 19.1 Å². The molecule has 0 fully saturated rings. The number of carbonyl (C=O) groups excluding carboxylic acids is 4. The second-order valence-electron chi connectivity index (χ2n) is 11.9. The van der Waals surface area contributed by atoms with E-state index in [2.05, 4.69) is 6.92 Å². The van der Waals surface area contributed by atoms with E-state index in [1.54, 1.807) is 36.4 Å². The van der Waals surface area contributed by atoms with Gasteiger partial charge in [0.15, 0.2) is 0 Å². The Bertz CT molecular complexity index is 1150. The summed E-state index contributed by atoms with van der Waals surface area (Å²) in [6.07, 6.45) is 13.7. The third-order valence-corrected chi connectivity index (χ3v) is 7.39. The quantitative estimate of drug-likeness (QED) is 0.0726. The highest BCUT2D eigenvalue weighted by atomic mass is 16.5. The first-order valence-corrected chi connectivity index (χ1v) is 16.7. The zero-order chi connectivity index (χ0) is 32.9. The molecule has 8 heteroatoms. The van der Waals surface area contributed by atoms with Gasteiger partial charge in [-0.25, -0.2) is 9.59 Å². The van der Waals surface area contributed by atoms with Gasteiger partial charge in [-0.05, 0) is 81.1 Å². The van der Waals surface area contributed by atoms with E-state index in [1.165, 1.54) is 18.6 Å². The molecule has 2 aromatic carbocycles. The topological polar surface area (TPSA) is 105 Å². The van der Waals surface area contributed by atoms with Crippen LogP contribution in [0.25, 0.3) is 0 Å². The Kier molecular flexibility index (Phi) is 18.3. The highest BCUT2D eigenvalue weighted by Crippen LogP contribution is 2.20. The van der Waals surface area contributed by atoms with Gasteiger partial charge in [0.25, 0.3) is 0 Å². The van der Waals surface area contributed by atoms with E-state index in [-0.39, 0.29) is 24.0 Å². The molecule has 248 valence electrons. The lowest BCUT2D eigenvalue weighted by molar-refractivity contribution is -0.147. The third kappa shape index (κ3) is 16.3. The minimum Gasteiger partial charge on any atom is -0.465 e. The molecular formula is C37H52O8. The van der Waals surface area contributed by atoms with E-state index in [1.807, 2.05) is 20.8 Å². The van der Waals surface area contributed by atoms with Crippen LogP contribution in [-0.4, -0.2) is 36.6 Å². The van der Waals surface area contributed by atoms with E-state index >= 15 is 0 Å². The van der Waals surface area contributed by atoms with Crippen LogP contribution in [0.3, 0.4) is 0 Å². The number of benzene rings is 2. The van der Waals surface area contributed by atoms with Crippen molar-refractivity contribution in [1.82, 2.24) is 0 Å². The first-order valence-electron chi connectivity index (χ1n) is 16.7. The molecule has 2 aromatic rings. The minimum atomic E-state index is -0.559. The molecule has 0 aliphatic rings. The van der Waals surface area contributed by atoms with Gasteiger partial charge in [0.2, 0.25) is 0 Å². The lowest BCUT2D eigenvalue weighted by Crippen LogP contribution is -2.15. The van der Waals surface area contributed by atoms with Crippen molar-refractivity contribution in [1.29, 1.82) is 0 Å². The number of hydrogen-bond acceptors (Lipinski definition) is 8. The van der Waals surface area contributed by atoms with Crippen molar-refractivity contribution in [3.05, 3.63) is 59.7 Å². The van der Waals surface area contributed by atoms with E-state index < -0.39 is 11.9 Å². The number of hydrogen-bond donors (Lipinski definition) is 0. The van der Waals surface area contributed by atoms with Crippen LogP contribution in [0, 0.1) is 5.92 Å². The first kappa shape index (κ1) is 37.5. The maximum atomic E-state index is 12.6. The fourth-order valence-corrected chi connectivity index (χ4v) is 4.61. The molecule has 2 rings (SSSR count). The first-order chi connectivity index (χ1) is 21.7. The fraction of sp³-hybridized carbons (Fsp3) is 0.568. The Balaban J connectivity index is 1.60. The summed E-state index contributed by atoms with van der Waals surface area (Å²) in [6.45, 7) is 8.23. The number of ether oxygens (including phenoxy) is 4. The average Bonchev–Trinajstić information content (AvgIpc) is 3.02. The maximum absolute atomic E-state index is 12.6. The van der Waals surface area contributed by atoms with Gasteiger partial charge in [-0.2, -0.15) is 0 Å². The Morgan fingerprint density at radius 1 is 0.600 bits per heavy atom. The van der Waals surface area contributed by atoms with Gasteiger partial charge in [-0.3, -0.25) is 9.59 Å². The molecule has 0 aliphatic carbocycles. The highest BCUT2D eigenvalue weighted by molar-refractivity contribution is 5.94. The smallest absolute Gasteiger partial charge is 0.343 e. The standard InChI is InChI=1S/C37H52O8/c1-5-6-7-14-17-29(4)43-36(40)30-19-21-31(22-20-30)37(41)45-33-25-23-32(24-26-33)44-34(38)18-15-12-10-8-9-11-13-16-27-42-35(39)28(2)3/h19-26,28-29H,5-18,27H2,1-4H3/t29-/m0/s1. The molecule has 1 atom stereocenters. The van der Waals surface area contributed by atoms with Crippen molar-refractivity contribution in [2.45, 2.75) is 124 Å². The van der Waals surface area contributed by atoms with Gasteiger partial charge in [0, 0.05) is 6.42 Å². The molecule has 0 heterocycles. The molecule has 0 amide bonds. The molecule has 0 spiro atoms. The van der Waals surface area contributed by atoms with E-state index in [0.717, 1.165) is 77.0 Å². The second kappa shape index (κ2) is 21.9. The minimum absolute atomic E-state index is 0.0736. The van der Waals surface area contributed by atoms with Crippen molar-refractivity contribution in [2.75, 3.05) is 6.61 Å². The number of esters is 4. The summed E-state index contributed by atoms with van der Waals surface area (Å²) in [5.74, 6) is -0.760. The highest BCUT2D eigenvalue weighted by Gasteiger charge is 2.15. The van der Waals surface area contributed by atoms with E-state index in [4.69, 9.17) is 18.9 Å². The largest absolute Gasteiger partial charge is 0.465 e. The van der Waals surface area contributed by atoms with Gasteiger partial charge >= 0.3 is 23.9 Å². The van der Waals surface area contributed by atoms with E-state index in [9.17, 15) is 19.2 Å². The third-order valence-electron chi connectivity index (χ3n) is 7.39. The molecule has 0 unspecified atom stereocenters. The normalized spacial score (nSPS) is 11.6. The summed E-state index contributed by atoms with van der Waals surface area (Å²) in [4.78, 5) is 48.6. The number of unbranched alkanes of at least 4 members (excludes halogenated alkanes) is 10. The predicted molar refractivity (Wildman–Crippen MR) is 174 cm³/mol. The van der Waals surface area contributed by atoms with Crippen LogP contribution in [0.15, 0.2) is 48.5 Å². The zero-order valence-electron chi connectivity index (χ0n) is 27.6. The predicted octanol–water partition coefficient (Wildman–Crippen LogP) is 9.04. The number of carbonyl (C=O) groups is 4. The molecule has 0 N–H and O–H groups in total. The maximum Gasteiger partial charge on any atom is 0.343 e. The van der Waals surface area contributed by atoms with Gasteiger partial charge < -0.3 is 18.9 Å². The van der Waals surface area contributed by atoms with Gasteiger partial charge in [-0.15, -0.1) is 0 Å². The molecule has 0 bridgehead atoms. The molecule has 45 heavy (non-hydrogen) atoms. The monoisotopic (exact) mass is 624 g/mol. The molecule has 0 saturated carbocycles. The molecule has 0 saturated heterocycles. The summed E-state index contributed by atoms with van der Waals surface area (Å²) < 4.78 is 21.5. The van der Waals surface area contributed by atoms with Crippen LogP contribution >= 0.6 is 0 Å². The Hall–Kier alpha value is -3.68. The van der Waals surface area contributed by atoms with Crippen molar-refractivity contribution in [2.24, 2.45) is 5.92 Å². The zero-order valence-corrected chi connectivity index (χ0v) is 27.6. The summed E-state index contributed by atoms with van der Waals surface area (Å²) in [7, 11) is 0. The molecule has 0 radical (unpaired) electrons. The molecule has 8 nitrogen and oxygen atoms in total. The Labute approximate surface area is 269 Å². The van der Waals surface area contributed by atoms with Crippen molar-refractivity contribution < 1.29 is 38.1 Å². The Morgan fingerprint density at radius 2 is 1.11 bits per heavy atom. The summed E-state index contributed by atoms with van der Waals surface area (Å²) in [6, 6.07) is 12.5. The lowest BCUT2D eigenvalue weighted by atomic mass is 10.1. The van der Waals surface area contributed by atoms with Crippen LogP contribution in [0.4, 0.5) is 0 Å². The van der Waals surface area contributed by atoms with Crippen molar-refractivity contribution in [3.8, 4) is 11.5 Å². The molecule has 0 aromatic heterocycles. The summed E-state index contributed by atoms with van der Waals surface area (Å²) >= 11 is 0. The number of rotatable bonds is 22. The SMILES string of the molecule is CCCCCC[C@H](C)OC(=O)c1ccc(C(=O)Oc2ccc(OC(=O)CCCCCCCCCCOC(=O)C(C)C)cc2)cc1. The van der Waals surface area contributed by atoms with Gasteiger partial charge in [0.1, 0.15) is 11.5 Å². The average molecular weight is 625 g/mol. The van der Waals surface area contributed by atoms with E-state index in [0.29, 0.717) is 35.7 Å². The molecule has 0 aliphatic heterocycles. The van der Waals surface area contributed by atoms with Gasteiger partial charge in [0.05, 0.1) is 29.8 Å². The van der Waals surface area contributed by atoms with Crippen LogP contribution in [0.2, 0.25) is 0 Å². The van der Waals surface area contributed by atoms with Crippen LogP contribution in [0.5, 0.6) is 11.5 Å². The second-order valence-corrected chi connectivity index (χ2v) is 11.9. The van der Waals surface area contributed by atoms with Crippen molar-refractivity contribution in [3.63, 3.8) is 0 Å². The Morgan fingerprint density at radius 3 is 1.69 bits per heavy atom. The van der Waals surface area contributed by atoms with Crippen LogP contribution in [0.1, 0.15) is 138 Å². The lowest BCUT2D eigenvalue weighted by Gasteiger charge is -2.13. The van der Waals surface area contributed by atoms with Crippen molar-refractivity contribution >= 4 is 23.9 Å². The van der Waals surface area contributed by atoms with Gasteiger partial charge in [-0.1, -0.05) is 78.6 Å². The summed E-state index contributed by atoms with van der Waals surface area (Å²) in [5, 5.41) is 0. The summed E-state index contributed by atoms with van der Waals surface area (Å²) in [5.41, 5.74) is 0.687. The van der Waals surface area contributed by atoms with Crippen LogP contribution < -0.4 is 9.47 Å². The molecular weight excluding hydrogens is 572 g/mol. The fourth-order valence-electron chi connectivity index (χ4n) is 4.61.